The summed E-state index contributed by atoms with van der Waals surface area (Å²) in [5, 5.41) is 0. The Hall–Kier alpha value is -1.56. The number of nitrogens with zero attached hydrogens (tertiary/aromatic N) is 2. The molecule has 0 spiro atoms. The van der Waals surface area contributed by atoms with Gasteiger partial charge in [0.15, 0.2) is 0 Å². The fourth-order valence-corrected chi connectivity index (χ4v) is 3.90. The van der Waals surface area contributed by atoms with Gasteiger partial charge in [0, 0.05) is 13.1 Å². The standard InChI is InChI=1S/C19H32N2O3S/c1-7-12-20(13-8-2)18(22)14-21(25(6,23)24)19-16(5)10-9-11-17(19)15(3)4/h9-11,15H,7-8,12-14H2,1-6H3. The minimum absolute atomic E-state index is 0.146. The van der Waals surface area contributed by atoms with Crippen molar-refractivity contribution in [2.75, 3.05) is 30.2 Å². The van der Waals surface area contributed by atoms with Gasteiger partial charge >= 0.3 is 0 Å². The number of para-hydroxylation sites is 1. The van der Waals surface area contributed by atoms with Crippen LogP contribution in [0.3, 0.4) is 0 Å². The van der Waals surface area contributed by atoms with Crippen molar-refractivity contribution in [3.63, 3.8) is 0 Å². The minimum atomic E-state index is -3.57. The molecule has 0 aliphatic heterocycles. The van der Waals surface area contributed by atoms with Crippen molar-refractivity contribution >= 4 is 21.6 Å². The predicted molar refractivity (Wildman–Crippen MR) is 105 cm³/mol. The molecule has 0 saturated carbocycles. The number of aryl methyl sites for hydroxylation is 1. The number of carbonyl (C=O) groups is 1. The number of hydrogen-bond donors (Lipinski definition) is 0. The number of amides is 1. The molecular formula is C19H32N2O3S. The molecule has 0 radical (unpaired) electrons. The van der Waals surface area contributed by atoms with Crippen molar-refractivity contribution < 1.29 is 13.2 Å². The Kier molecular flexibility index (Phi) is 7.93. The third-order valence-corrected chi connectivity index (χ3v) is 5.27. The number of benzene rings is 1. The van der Waals surface area contributed by atoms with E-state index in [0.29, 0.717) is 18.8 Å². The summed E-state index contributed by atoms with van der Waals surface area (Å²) in [6, 6.07) is 5.75. The maximum atomic E-state index is 12.8. The lowest BCUT2D eigenvalue weighted by Gasteiger charge is -2.30. The van der Waals surface area contributed by atoms with Crippen LogP contribution in [-0.2, 0) is 14.8 Å². The zero-order valence-electron chi connectivity index (χ0n) is 16.4. The Morgan fingerprint density at radius 3 is 2.12 bits per heavy atom. The summed E-state index contributed by atoms with van der Waals surface area (Å²) in [5.41, 5.74) is 2.44. The van der Waals surface area contributed by atoms with E-state index in [1.807, 2.05) is 52.8 Å². The number of carbonyl (C=O) groups excluding carboxylic acids is 1. The maximum absolute atomic E-state index is 12.8. The van der Waals surface area contributed by atoms with E-state index < -0.39 is 10.0 Å². The SMILES string of the molecule is CCCN(CCC)C(=O)CN(c1c(C)cccc1C(C)C)S(C)(=O)=O. The van der Waals surface area contributed by atoms with Gasteiger partial charge in [-0.05, 0) is 36.8 Å². The van der Waals surface area contributed by atoms with Crippen molar-refractivity contribution in [1.29, 1.82) is 0 Å². The van der Waals surface area contributed by atoms with Gasteiger partial charge in [-0.3, -0.25) is 9.10 Å². The second-order valence-corrected chi connectivity index (χ2v) is 8.72. The smallest absolute Gasteiger partial charge is 0.243 e. The second-order valence-electron chi connectivity index (χ2n) is 6.82. The van der Waals surface area contributed by atoms with Gasteiger partial charge in [0.25, 0.3) is 0 Å². The van der Waals surface area contributed by atoms with Crippen LogP contribution in [0.25, 0.3) is 0 Å². The second kappa shape index (κ2) is 9.22. The van der Waals surface area contributed by atoms with Crippen LogP contribution in [0, 0.1) is 6.92 Å². The van der Waals surface area contributed by atoms with Crippen molar-refractivity contribution in [3.8, 4) is 0 Å². The topological polar surface area (TPSA) is 57.7 Å². The first-order valence-electron chi connectivity index (χ1n) is 8.98. The van der Waals surface area contributed by atoms with Crippen LogP contribution < -0.4 is 4.31 Å². The Morgan fingerprint density at radius 2 is 1.68 bits per heavy atom. The lowest BCUT2D eigenvalue weighted by atomic mass is 9.98. The molecule has 0 fully saturated rings. The van der Waals surface area contributed by atoms with E-state index in [2.05, 4.69) is 0 Å². The highest BCUT2D eigenvalue weighted by Gasteiger charge is 2.27. The lowest BCUT2D eigenvalue weighted by Crippen LogP contribution is -2.44. The van der Waals surface area contributed by atoms with Crippen LogP contribution >= 0.6 is 0 Å². The fraction of sp³-hybridized carbons (Fsp3) is 0.632. The molecule has 1 rings (SSSR count). The van der Waals surface area contributed by atoms with Crippen molar-refractivity contribution in [2.24, 2.45) is 0 Å². The summed E-state index contributed by atoms with van der Waals surface area (Å²) in [6.45, 7) is 11.1. The van der Waals surface area contributed by atoms with Gasteiger partial charge in [-0.25, -0.2) is 8.42 Å². The largest absolute Gasteiger partial charge is 0.341 e. The summed E-state index contributed by atoms with van der Waals surface area (Å²) in [4.78, 5) is 14.5. The van der Waals surface area contributed by atoms with E-state index in [4.69, 9.17) is 0 Å². The highest BCUT2D eigenvalue weighted by molar-refractivity contribution is 7.92. The number of sulfonamides is 1. The van der Waals surface area contributed by atoms with Crippen LogP contribution in [-0.4, -0.2) is 45.1 Å². The lowest BCUT2D eigenvalue weighted by molar-refractivity contribution is -0.129. The Balaban J connectivity index is 3.32. The van der Waals surface area contributed by atoms with Crippen LogP contribution in [0.1, 0.15) is 57.6 Å². The maximum Gasteiger partial charge on any atom is 0.243 e. The van der Waals surface area contributed by atoms with E-state index >= 15 is 0 Å². The number of anilines is 1. The molecule has 0 saturated heterocycles. The molecule has 0 aliphatic rings. The number of rotatable bonds is 9. The average Bonchev–Trinajstić information content (AvgIpc) is 2.51. The van der Waals surface area contributed by atoms with E-state index in [9.17, 15) is 13.2 Å². The van der Waals surface area contributed by atoms with Crippen LogP contribution in [0.2, 0.25) is 0 Å². The predicted octanol–water partition coefficient (Wildman–Crippen LogP) is 3.53. The molecule has 0 heterocycles. The molecule has 5 nitrogen and oxygen atoms in total. The molecule has 0 N–H and O–H groups in total. The normalized spacial score (nSPS) is 11.6. The highest BCUT2D eigenvalue weighted by atomic mass is 32.2. The van der Waals surface area contributed by atoms with Crippen molar-refractivity contribution in [3.05, 3.63) is 29.3 Å². The van der Waals surface area contributed by atoms with Gasteiger partial charge in [0.1, 0.15) is 6.54 Å². The van der Waals surface area contributed by atoms with Gasteiger partial charge in [-0.15, -0.1) is 0 Å². The molecule has 1 aromatic carbocycles. The van der Waals surface area contributed by atoms with Gasteiger partial charge in [0.05, 0.1) is 11.9 Å². The molecule has 1 aromatic rings. The van der Waals surface area contributed by atoms with E-state index in [1.165, 1.54) is 10.6 Å². The fourth-order valence-electron chi connectivity index (χ4n) is 2.97. The molecule has 0 bridgehead atoms. The Bertz CT molecular complexity index is 678. The van der Waals surface area contributed by atoms with Crippen molar-refractivity contribution in [1.82, 2.24) is 4.90 Å². The first-order chi connectivity index (χ1) is 11.6. The molecule has 0 aromatic heterocycles. The molecule has 1 amide bonds. The molecule has 142 valence electrons. The van der Waals surface area contributed by atoms with Gasteiger partial charge in [-0.2, -0.15) is 0 Å². The van der Waals surface area contributed by atoms with Gasteiger partial charge in [0.2, 0.25) is 15.9 Å². The van der Waals surface area contributed by atoms with Gasteiger partial charge < -0.3 is 4.90 Å². The van der Waals surface area contributed by atoms with E-state index in [0.717, 1.165) is 24.0 Å². The Labute approximate surface area is 153 Å². The molecule has 0 unspecified atom stereocenters. The molecule has 25 heavy (non-hydrogen) atoms. The van der Waals surface area contributed by atoms with Crippen LogP contribution in [0.4, 0.5) is 5.69 Å². The molecular weight excluding hydrogens is 336 g/mol. The first kappa shape index (κ1) is 21.5. The van der Waals surface area contributed by atoms with E-state index in [1.54, 1.807) is 4.90 Å². The average molecular weight is 369 g/mol. The quantitative estimate of drug-likeness (QED) is 0.670. The molecule has 6 heteroatoms. The summed E-state index contributed by atoms with van der Waals surface area (Å²) in [7, 11) is -3.57. The third-order valence-electron chi connectivity index (χ3n) is 4.16. The van der Waals surface area contributed by atoms with Crippen molar-refractivity contribution in [2.45, 2.75) is 53.4 Å². The zero-order valence-corrected chi connectivity index (χ0v) is 17.2. The zero-order chi connectivity index (χ0) is 19.2. The summed E-state index contributed by atoms with van der Waals surface area (Å²) < 4.78 is 26.3. The monoisotopic (exact) mass is 368 g/mol. The highest BCUT2D eigenvalue weighted by Crippen LogP contribution is 2.32. The molecule has 0 aliphatic carbocycles. The molecule has 0 atom stereocenters. The van der Waals surface area contributed by atoms with E-state index in [-0.39, 0.29) is 18.4 Å². The third kappa shape index (κ3) is 5.73. The van der Waals surface area contributed by atoms with Crippen LogP contribution in [0.5, 0.6) is 0 Å². The minimum Gasteiger partial charge on any atom is -0.341 e. The Morgan fingerprint density at radius 1 is 1.12 bits per heavy atom. The number of hydrogen-bond acceptors (Lipinski definition) is 3. The summed E-state index contributed by atoms with van der Waals surface area (Å²) in [6.07, 6.45) is 2.87. The summed E-state index contributed by atoms with van der Waals surface area (Å²) >= 11 is 0. The van der Waals surface area contributed by atoms with Crippen LogP contribution in [0.15, 0.2) is 18.2 Å². The summed E-state index contributed by atoms with van der Waals surface area (Å²) in [5.74, 6) is 0.0173. The first-order valence-corrected chi connectivity index (χ1v) is 10.8. The van der Waals surface area contributed by atoms with Gasteiger partial charge in [-0.1, -0.05) is 45.9 Å².